The summed E-state index contributed by atoms with van der Waals surface area (Å²) in [4.78, 5) is 20.6. The van der Waals surface area contributed by atoms with Gasteiger partial charge in [-0.25, -0.2) is 0 Å². The summed E-state index contributed by atoms with van der Waals surface area (Å²) in [6, 6.07) is 2.51. The van der Waals surface area contributed by atoms with E-state index in [4.69, 9.17) is 0 Å². The van der Waals surface area contributed by atoms with Gasteiger partial charge in [-0.3, -0.25) is 14.9 Å². The summed E-state index contributed by atoms with van der Waals surface area (Å²) in [7, 11) is 0. The van der Waals surface area contributed by atoms with E-state index in [1.807, 2.05) is 0 Å². The highest BCUT2D eigenvalue weighted by molar-refractivity contribution is 5.98. The largest absolute Gasteiger partial charge is 0.460 e. The minimum absolute atomic E-state index is 0.398. The van der Waals surface area contributed by atoms with Gasteiger partial charge in [0.05, 0.1) is 4.92 Å². The molecule has 1 N–H and O–H groups in total. The SMILES string of the molecule is O=C(Nc1ccccc1[N+](=O)[O-])C(F)(F)C(F)(F)C(F)(F)C(F)(F)C(F)(F)C(F)(F)F. The van der Waals surface area contributed by atoms with Gasteiger partial charge < -0.3 is 5.32 Å². The van der Waals surface area contributed by atoms with Crippen molar-refractivity contribution in [3.8, 4) is 0 Å². The first-order valence-corrected chi connectivity index (χ1v) is 7.08. The molecule has 0 radical (unpaired) electrons. The number of nitro groups is 1. The van der Waals surface area contributed by atoms with Crippen LogP contribution in [0.15, 0.2) is 24.3 Å². The van der Waals surface area contributed by atoms with Gasteiger partial charge in [0.1, 0.15) is 5.69 Å². The summed E-state index contributed by atoms with van der Waals surface area (Å²) >= 11 is 0. The van der Waals surface area contributed by atoms with Gasteiger partial charge in [0.2, 0.25) is 0 Å². The summed E-state index contributed by atoms with van der Waals surface area (Å²) in [5.41, 5.74) is -2.63. The second kappa shape index (κ2) is 7.40. The molecule has 0 saturated heterocycles. The fourth-order valence-corrected chi connectivity index (χ4v) is 1.85. The van der Waals surface area contributed by atoms with E-state index in [2.05, 4.69) is 0 Å². The van der Waals surface area contributed by atoms with E-state index in [9.17, 15) is 72.0 Å². The summed E-state index contributed by atoms with van der Waals surface area (Å²) in [6.45, 7) is 0. The van der Waals surface area contributed by atoms with Crippen molar-refractivity contribution in [3.05, 3.63) is 34.4 Å². The standard InChI is InChI=1S/C13H5F13N2O3/c14-8(15,7(29)27-5-3-1-2-4-6(5)28(30)31)9(16,17)10(18,19)11(20,21)12(22,23)13(24,25)26/h1-4H,(H,27,29). The van der Waals surface area contributed by atoms with Gasteiger partial charge in [-0.15, -0.1) is 0 Å². The topological polar surface area (TPSA) is 72.2 Å². The molecule has 0 atom stereocenters. The van der Waals surface area contributed by atoms with Crippen molar-refractivity contribution >= 4 is 17.3 Å². The molecular formula is C13H5F13N2O3. The van der Waals surface area contributed by atoms with Crippen LogP contribution in [0.25, 0.3) is 0 Å². The third-order valence-electron chi connectivity index (χ3n) is 3.57. The lowest BCUT2D eigenvalue weighted by Gasteiger charge is -2.39. The Morgan fingerprint density at radius 3 is 1.58 bits per heavy atom. The zero-order valence-corrected chi connectivity index (χ0v) is 13.9. The highest BCUT2D eigenvalue weighted by Gasteiger charge is 2.91. The Bertz CT molecular complexity index is 866. The molecule has 1 rings (SSSR count). The number of nitrogens with one attached hydrogen (secondary N) is 1. The molecule has 0 unspecified atom stereocenters. The third-order valence-corrected chi connectivity index (χ3v) is 3.57. The van der Waals surface area contributed by atoms with Crippen LogP contribution in [0, 0.1) is 10.1 Å². The smallest absolute Gasteiger partial charge is 0.315 e. The zero-order chi connectivity index (χ0) is 24.8. The monoisotopic (exact) mass is 484 g/mol. The molecular weight excluding hydrogens is 479 g/mol. The normalized spacial score (nSPS) is 14.4. The van der Waals surface area contributed by atoms with Crippen LogP contribution < -0.4 is 5.32 Å². The van der Waals surface area contributed by atoms with Gasteiger partial charge in [-0.1, -0.05) is 12.1 Å². The number of hydrogen-bond donors (Lipinski definition) is 1. The number of nitro benzene ring substituents is 1. The molecule has 0 heterocycles. The average molecular weight is 484 g/mol. The highest BCUT2D eigenvalue weighted by Crippen LogP contribution is 2.60. The Morgan fingerprint density at radius 2 is 1.16 bits per heavy atom. The van der Waals surface area contributed by atoms with Crippen LogP contribution in [0.4, 0.5) is 68.5 Å². The molecule has 0 bridgehead atoms. The maximum atomic E-state index is 13.7. The van der Waals surface area contributed by atoms with Crippen molar-refractivity contribution in [1.29, 1.82) is 0 Å². The molecule has 1 aromatic carbocycles. The van der Waals surface area contributed by atoms with E-state index < -0.39 is 58.0 Å². The van der Waals surface area contributed by atoms with Crippen LogP contribution in [0.3, 0.4) is 0 Å². The summed E-state index contributed by atoms with van der Waals surface area (Å²) in [5, 5.41) is 11.3. The van der Waals surface area contributed by atoms with Crippen molar-refractivity contribution < 1.29 is 66.8 Å². The molecule has 1 aromatic rings. The minimum atomic E-state index is -8.16. The Labute approximate surface area is 161 Å². The number of halogens is 13. The number of amides is 1. The highest BCUT2D eigenvalue weighted by atomic mass is 19.4. The Morgan fingerprint density at radius 1 is 0.742 bits per heavy atom. The van der Waals surface area contributed by atoms with E-state index in [0.29, 0.717) is 17.4 Å². The van der Waals surface area contributed by atoms with E-state index in [1.54, 1.807) is 0 Å². The molecule has 0 fully saturated rings. The number of alkyl halides is 13. The molecule has 31 heavy (non-hydrogen) atoms. The molecule has 5 nitrogen and oxygen atoms in total. The van der Waals surface area contributed by atoms with Gasteiger partial charge in [0.15, 0.2) is 0 Å². The number of para-hydroxylation sites is 2. The lowest BCUT2D eigenvalue weighted by atomic mass is 9.93. The number of carbonyl (C=O) groups is 1. The van der Waals surface area contributed by atoms with Crippen LogP contribution in [-0.4, -0.2) is 46.6 Å². The van der Waals surface area contributed by atoms with Gasteiger partial charge in [0.25, 0.3) is 5.69 Å². The quantitative estimate of drug-likeness (QED) is 0.326. The van der Waals surface area contributed by atoms with Gasteiger partial charge in [-0.05, 0) is 6.07 Å². The summed E-state index contributed by atoms with van der Waals surface area (Å²) < 4.78 is 169. The Hall–Kier alpha value is -2.82. The van der Waals surface area contributed by atoms with E-state index >= 15 is 0 Å². The van der Waals surface area contributed by atoms with E-state index in [-0.39, 0.29) is 0 Å². The van der Waals surface area contributed by atoms with Crippen molar-refractivity contribution in [2.45, 2.75) is 35.8 Å². The number of nitrogens with zero attached hydrogens (tertiary/aromatic N) is 1. The lowest BCUT2D eigenvalue weighted by Crippen LogP contribution is -2.71. The van der Waals surface area contributed by atoms with Crippen molar-refractivity contribution in [2.75, 3.05) is 5.32 Å². The first kappa shape index (κ1) is 26.2. The summed E-state index contributed by atoms with van der Waals surface area (Å²) in [6.07, 6.45) is -7.59. The molecule has 0 aliphatic carbocycles. The van der Waals surface area contributed by atoms with Gasteiger partial charge >= 0.3 is 41.7 Å². The molecule has 0 aromatic heterocycles. The average Bonchev–Trinajstić information content (AvgIpc) is 2.60. The van der Waals surface area contributed by atoms with Crippen LogP contribution in [-0.2, 0) is 4.79 Å². The molecule has 0 aliphatic heterocycles. The Balaban J connectivity index is 3.46. The molecule has 0 aliphatic rings. The summed E-state index contributed by atoms with van der Waals surface area (Å²) in [5.74, 6) is -42.8. The lowest BCUT2D eigenvalue weighted by molar-refractivity contribution is -0.435. The first-order valence-electron chi connectivity index (χ1n) is 7.08. The van der Waals surface area contributed by atoms with Crippen LogP contribution >= 0.6 is 0 Å². The van der Waals surface area contributed by atoms with Crippen LogP contribution in [0.5, 0.6) is 0 Å². The molecule has 0 spiro atoms. The number of carbonyl (C=O) groups excluding carboxylic acids is 1. The molecule has 176 valence electrons. The Kier molecular flexibility index (Phi) is 6.26. The fraction of sp³-hybridized carbons (Fsp3) is 0.462. The predicted octanol–water partition coefficient (Wildman–Crippen LogP) is 5.27. The molecule has 1 amide bonds. The van der Waals surface area contributed by atoms with Gasteiger partial charge in [-0.2, -0.15) is 57.1 Å². The predicted molar refractivity (Wildman–Crippen MR) is 72.5 cm³/mol. The number of rotatable bonds is 7. The van der Waals surface area contributed by atoms with E-state index in [1.165, 1.54) is 0 Å². The number of benzene rings is 1. The third kappa shape index (κ3) is 3.82. The maximum absolute atomic E-state index is 13.7. The fourth-order valence-electron chi connectivity index (χ4n) is 1.85. The number of anilines is 1. The van der Waals surface area contributed by atoms with E-state index in [0.717, 1.165) is 12.1 Å². The van der Waals surface area contributed by atoms with Crippen LogP contribution in [0.1, 0.15) is 0 Å². The van der Waals surface area contributed by atoms with Crippen molar-refractivity contribution in [1.82, 2.24) is 0 Å². The second-order valence-corrected chi connectivity index (χ2v) is 5.60. The molecule has 0 saturated carbocycles. The van der Waals surface area contributed by atoms with Crippen LogP contribution in [0.2, 0.25) is 0 Å². The first-order chi connectivity index (χ1) is 13.6. The number of hydrogen-bond acceptors (Lipinski definition) is 3. The molecule has 18 heteroatoms. The van der Waals surface area contributed by atoms with Gasteiger partial charge in [0, 0.05) is 6.07 Å². The van der Waals surface area contributed by atoms with Crippen molar-refractivity contribution in [2.24, 2.45) is 0 Å². The maximum Gasteiger partial charge on any atom is 0.460 e. The van der Waals surface area contributed by atoms with Crippen molar-refractivity contribution in [3.63, 3.8) is 0 Å². The minimum Gasteiger partial charge on any atom is -0.315 e. The second-order valence-electron chi connectivity index (χ2n) is 5.60. The zero-order valence-electron chi connectivity index (χ0n) is 13.9.